The van der Waals surface area contributed by atoms with Crippen molar-refractivity contribution in [1.29, 1.82) is 0 Å². The zero-order chi connectivity index (χ0) is 15.6. The van der Waals surface area contributed by atoms with Crippen LogP contribution >= 0.6 is 11.3 Å². The average molecular weight is 319 g/mol. The number of aryl methyl sites for hydroxylation is 2. The topological polar surface area (TPSA) is 62.5 Å². The van der Waals surface area contributed by atoms with Gasteiger partial charge in [0.1, 0.15) is 11.4 Å². The third-order valence-electron chi connectivity index (χ3n) is 4.12. The van der Waals surface area contributed by atoms with Crippen LogP contribution in [-0.4, -0.2) is 17.6 Å². The fourth-order valence-corrected chi connectivity index (χ4v) is 3.96. The normalized spacial score (nSPS) is 17.4. The van der Waals surface area contributed by atoms with Crippen molar-refractivity contribution >= 4 is 17.2 Å². The molecule has 0 spiro atoms. The van der Waals surface area contributed by atoms with Gasteiger partial charge in [0.25, 0.3) is 5.91 Å². The molecular weight excluding hydrogens is 298 g/mol. The maximum absolute atomic E-state index is 12.3. The number of aliphatic hydroxyl groups is 1. The maximum Gasteiger partial charge on any atom is 0.261 e. The predicted octanol–water partition coefficient (Wildman–Crippen LogP) is 3.25. The molecule has 2 N–H and O–H groups in total. The first-order valence-corrected chi connectivity index (χ1v) is 8.54. The van der Waals surface area contributed by atoms with Gasteiger partial charge in [-0.05, 0) is 56.4 Å². The van der Waals surface area contributed by atoms with E-state index in [4.69, 9.17) is 4.42 Å². The van der Waals surface area contributed by atoms with Crippen molar-refractivity contribution in [2.24, 2.45) is 0 Å². The summed E-state index contributed by atoms with van der Waals surface area (Å²) >= 11 is 1.59. The van der Waals surface area contributed by atoms with Crippen molar-refractivity contribution in [3.63, 3.8) is 0 Å². The van der Waals surface area contributed by atoms with Gasteiger partial charge in [-0.15, -0.1) is 11.3 Å². The molecule has 5 heteroatoms. The van der Waals surface area contributed by atoms with Crippen molar-refractivity contribution in [3.8, 4) is 0 Å². The van der Waals surface area contributed by atoms with E-state index in [-0.39, 0.29) is 12.5 Å². The lowest BCUT2D eigenvalue weighted by Gasteiger charge is -2.20. The van der Waals surface area contributed by atoms with Gasteiger partial charge in [0, 0.05) is 4.88 Å². The van der Waals surface area contributed by atoms with Crippen LogP contribution in [0.4, 0.5) is 0 Å². The summed E-state index contributed by atoms with van der Waals surface area (Å²) in [5, 5.41) is 13.2. The number of furan rings is 1. The molecule has 0 aromatic carbocycles. The highest BCUT2D eigenvalue weighted by Crippen LogP contribution is 2.29. The van der Waals surface area contributed by atoms with Gasteiger partial charge in [0.2, 0.25) is 0 Å². The van der Waals surface area contributed by atoms with Crippen molar-refractivity contribution in [2.45, 2.75) is 44.6 Å². The molecule has 1 aliphatic carbocycles. The molecule has 22 heavy (non-hydrogen) atoms. The summed E-state index contributed by atoms with van der Waals surface area (Å²) in [6, 6.07) is 5.45. The molecule has 2 heterocycles. The van der Waals surface area contributed by atoms with Crippen molar-refractivity contribution in [1.82, 2.24) is 5.32 Å². The van der Waals surface area contributed by atoms with Crippen LogP contribution in [0.15, 0.2) is 28.9 Å². The zero-order valence-electron chi connectivity index (χ0n) is 12.7. The number of carbonyl (C=O) groups is 1. The molecule has 0 saturated carbocycles. The van der Waals surface area contributed by atoms with Crippen LogP contribution in [0.3, 0.4) is 0 Å². The van der Waals surface area contributed by atoms with Crippen LogP contribution in [0.1, 0.15) is 52.1 Å². The van der Waals surface area contributed by atoms with Crippen LogP contribution in [0, 0.1) is 0 Å². The van der Waals surface area contributed by atoms with Crippen molar-refractivity contribution in [3.05, 3.63) is 45.5 Å². The Morgan fingerprint density at radius 3 is 3.00 bits per heavy atom. The largest absolute Gasteiger partial charge is 0.466 e. The molecule has 1 amide bonds. The molecule has 4 nitrogen and oxygen atoms in total. The Labute approximate surface area is 134 Å². The molecule has 1 unspecified atom stereocenters. The van der Waals surface area contributed by atoms with Crippen molar-refractivity contribution in [2.75, 3.05) is 6.54 Å². The van der Waals surface area contributed by atoms with Crippen molar-refractivity contribution < 1.29 is 14.3 Å². The minimum Gasteiger partial charge on any atom is -0.466 e. The lowest BCUT2D eigenvalue weighted by atomic mass is 10.0. The number of thiophene rings is 1. The zero-order valence-corrected chi connectivity index (χ0v) is 13.5. The summed E-state index contributed by atoms with van der Waals surface area (Å²) < 4.78 is 5.22. The first kappa shape index (κ1) is 15.3. The minimum atomic E-state index is -1.20. The summed E-state index contributed by atoms with van der Waals surface area (Å²) in [4.78, 5) is 14.4. The molecule has 3 rings (SSSR count). The second-order valence-electron chi connectivity index (χ2n) is 6.05. The molecule has 0 aliphatic heterocycles. The summed E-state index contributed by atoms with van der Waals surface area (Å²) in [6.07, 6.45) is 7.36. The Morgan fingerprint density at radius 2 is 2.23 bits per heavy atom. The van der Waals surface area contributed by atoms with Gasteiger partial charge < -0.3 is 14.8 Å². The molecule has 0 saturated heterocycles. The third kappa shape index (κ3) is 3.25. The Balaban J connectivity index is 1.65. The highest BCUT2D eigenvalue weighted by atomic mass is 32.1. The molecule has 0 bridgehead atoms. The van der Waals surface area contributed by atoms with Gasteiger partial charge in [0.15, 0.2) is 0 Å². The smallest absolute Gasteiger partial charge is 0.261 e. The Hall–Kier alpha value is -1.59. The van der Waals surface area contributed by atoms with E-state index in [0.29, 0.717) is 5.76 Å². The summed E-state index contributed by atoms with van der Waals surface area (Å²) in [5.41, 5.74) is 0.124. The van der Waals surface area contributed by atoms with Crippen LogP contribution in [0.25, 0.3) is 0 Å². The number of fused-ring (bicyclic) bond motifs is 1. The van der Waals surface area contributed by atoms with Crippen LogP contribution in [-0.2, 0) is 18.4 Å². The van der Waals surface area contributed by atoms with Gasteiger partial charge in [-0.1, -0.05) is 6.42 Å². The Morgan fingerprint density at radius 1 is 1.41 bits per heavy atom. The monoisotopic (exact) mass is 319 g/mol. The van der Waals surface area contributed by atoms with Gasteiger partial charge in [-0.25, -0.2) is 0 Å². The van der Waals surface area contributed by atoms with Gasteiger partial charge >= 0.3 is 0 Å². The van der Waals surface area contributed by atoms with E-state index < -0.39 is 5.60 Å². The molecule has 2 aromatic rings. The van der Waals surface area contributed by atoms with E-state index >= 15 is 0 Å². The number of carbonyl (C=O) groups excluding carboxylic acids is 1. The predicted molar refractivity (Wildman–Crippen MR) is 86.2 cm³/mol. The van der Waals surface area contributed by atoms with E-state index in [1.807, 2.05) is 6.07 Å². The standard InChI is InChI=1S/C17H21NO3S/c1-17(20,15-8-5-9-21-15)11-18-16(19)14-10-12-6-3-2-4-7-13(12)22-14/h5,8-10,20H,2-4,6-7,11H2,1H3,(H,18,19). The third-order valence-corrected chi connectivity index (χ3v) is 5.35. The van der Waals surface area contributed by atoms with E-state index in [0.717, 1.165) is 17.7 Å². The SMILES string of the molecule is CC(O)(CNC(=O)c1cc2c(s1)CCCCC2)c1ccco1. The van der Waals surface area contributed by atoms with Crippen LogP contribution in [0.2, 0.25) is 0 Å². The molecule has 1 atom stereocenters. The molecule has 0 radical (unpaired) electrons. The first-order valence-electron chi connectivity index (χ1n) is 7.72. The molecule has 1 aliphatic rings. The van der Waals surface area contributed by atoms with E-state index in [2.05, 4.69) is 5.32 Å². The lowest BCUT2D eigenvalue weighted by Crippen LogP contribution is -2.38. The van der Waals surface area contributed by atoms with E-state index in [9.17, 15) is 9.90 Å². The Bertz CT molecular complexity index is 619. The van der Waals surface area contributed by atoms with E-state index in [1.165, 1.54) is 36.0 Å². The van der Waals surface area contributed by atoms with E-state index in [1.54, 1.807) is 30.4 Å². The molecule has 0 fully saturated rings. The van der Waals surface area contributed by atoms with Crippen LogP contribution < -0.4 is 5.32 Å². The molecule has 2 aromatic heterocycles. The number of hydrogen-bond donors (Lipinski definition) is 2. The summed E-state index contributed by atoms with van der Waals surface area (Å²) in [6.45, 7) is 1.76. The first-order chi connectivity index (χ1) is 10.6. The van der Waals surface area contributed by atoms with Gasteiger partial charge in [0.05, 0.1) is 17.7 Å². The summed E-state index contributed by atoms with van der Waals surface area (Å²) in [5.74, 6) is 0.333. The second kappa shape index (κ2) is 6.26. The quantitative estimate of drug-likeness (QED) is 0.850. The van der Waals surface area contributed by atoms with Gasteiger partial charge in [-0.3, -0.25) is 4.79 Å². The number of hydrogen-bond acceptors (Lipinski definition) is 4. The molecule has 118 valence electrons. The fourth-order valence-electron chi connectivity index (χ4n) is 2.79. The summed E-state index contributed by atoms with van der Waals surface area (Å²) in [7, 11) is 0. The number of rotatable bonds is 4. The average Bonchev–Trinajstić information content (AvgIpc) is 3.12. The minimum absolute atomic E-state index is 0.120. The highest BCUT2D eigenvalue weighted by Gasteiger charge is 2.27. The Kier molecular flexibility index (Phi) is 4.36. The second-order valence-corrected chi connectivity index (χ2v) is 7.19. The highest BCUT2D eigenvalue weighted by molar-refractivity contribution is 7.14. The molecular formula is C17H21NO3S. The van der Waals surface area contributed by atoms with Gasteiger partial charge in [-0.2, -0.15) is 0 Å². The lowest BCUT2D eigenvalue weighted by molar-refractivity contribution is 0.0331. The number of nitrogens with one attached hydrogen (secondary N) is 1. The van der Waals surface area contributed by atoms with Crippen LogP contribution in [0.5, 0.6) is 0 Å². The maximum atomic E-state index is 12.3. The number of amides is 1. The fraction of sp³-hybridized carbons (Fsp3) is 0.471.